The molecule has 8 nitrogen and oxygen atoms in total. The molecule has 1 aliphatic rings. The number of fused-ring (bicyclic) bond motifs is 1. The number of benzene rings is 1. The maximum absolute atomic E-state index is 12.7. The van der Waals surface area contributed by atoms with Crippen LogP contribution in [0, 0.1) is 0 Å². The number of anilines is 1. The lowest BCUT2D eigenvalue weighted by atomic mass is 9.96. The Morgan fingerprint density at radius 1 is 1.16 bits per heavy atom. The van der Waals surface area contributed by atoms with Crippen LogP contribution in [0.2, 0.25) is 25.7 Å². The van der Waals surface area contributed by atoms with Crippen molar-refractivity contribution in [3.8, 4) is 5.82 Å². The number of rotatable bonds is 10. The average molecular weight is 552 g/mol. The van der Waals surface area contributed by atoms with E-state index in [0.29, 0.717) is 13.3 Å². The van der Waals surface area contributed by atoms with E-state index in [1.165, 1.54) is 11.3 Å². The van der Waals surface area contributed by atoms with Crippen LogP contribution in [-0.4, -0.2) is 59.8 Å². The van der Waals surface area contributed by atoms with Crippen molar-refractivity contribution < 1.29 is 9.47 Å². The molecule has 0 saturated carbocycles. The SMILES string of the molecule is COC1(C)CN(c2ccc(-n3ccc(C(C)c4ccc5c(c4)sc(=O)n5COCC[Si](C)(C)C)n3)nc2)C1. The highest BCUT2D eigenvalue weighted by Gasteiger charge is 2.39. The molecular formula is C28H37N5O3SSi. The Bertz CT molecular complexity index is 1460. The molecule has 1 saturated heterocycles. The van der Waals surface area contributed by atoms with Gasteiger partial charge in [-0.25, -0.2) is 9.67 Å². The van der Waals surface area contributed by atoms with Crippen molar-refractivity contribution in [2.45, 2.75) is 57.8 Å². The standard InChI is InChI=1S/C28H37N5O3SSi/c1-20(21-7-9-24-25(15-21)37-27(34)32(24)19-36-13-14-38(4,5)6)23-11-12-33(30-23)26-10-8-22(16-29-26)31-17-28(2,18-31)35-3/h7-12,15-16,20H,13-14,17-19H2,1-6H3. The van der Waals surface area contributed by atoms with Gasteiger partial charge in [-0.05, 0) is 48.9 Å². The Kier molecular flexibility index (Phi) is 7.34. The van der Waals surface area contributed by atoms with Crippen LogP contribution in [0.5, 0.6) is 0 Å². The molecule has 10 heteroatoms. The smallest absolute Gasteiger partial charge is 0.310 e. The van der Waals surface area contributed by atoms with Gasteiger partial charge in [0.25, 0.3) is 0 Å². The fourth-order valence-corrected chi connectivity index (χ4v) is 6.33. The summed E-state index contributed by atoms with van der Waals surface area (Å²) in [6.07, 6.45) is 3.84. The molecule has 0 bridgehead atoms. The van der Waals surface area contributed by atoms with E-state index < -0.39 is 8.07 Å². The third kappa shape index (κ3) is 5.63. The highest BCUT2D eigenvalue weighted by Crippen LogP contribution is 2.30. The summed E-state index contributed by atoms with van der Waals surface area (Å²) in [4.78, 5) is 19.6. The summed E-state index contributed by atoms with van der Waals surface area (Å²) in [5, 5.41) is 4.81. The fourth-order valence-electron chi connectivity index (χ4n) is 4.65. The van der Waals surface area contributed by atoms with Gasteiger partial charge in [0.2, 0.25) is 0 Å². The van der Waals surface area contributed by atoms with Crippen LogP contribution in [0.15, 0.2) is 53.6 Å². The second-order valence-electron chi connectivity index (χ2n) is 11.7. The van der Waals surface area contributed by atoms with E-state index in [0.717, 1.165) is 52.1 Å². The molecule has 38 heavy (non-hydrogen) atoms. The summed E-state index contributed by atoms with van der Waals surface area (Å²) in [6.45, 7) is 14.0. The lowest BCUT2D eigenvalue weighted by molar-refractivity contribution is -0.0168. The van der Waals surface area contributed by atoms with E-state index in [1.54, 1.807) is 11.7 Å². The number of pyridine rings is 1. The van der Waals surface area contributed by atoms with E-state index in [-0.39, 0.29) is 16.4 Å². The van der Waals surface area contributed by atoms with Gasteiger partial charge in [-0.15, -0.1) is 0 Å². The Labute approximate surface area is 228 Å². The van der Waals surface area contributed by atoms with Gasteiger partial charge >= 0.3 is 4.87 Å². The molecule has 1 aromatic carbocycles. The highest BCUT2D eigenvalue weighted by molar-refractivity contribution is 7.16. The zero-order chi connectivity index (χ0) is 27.1. The Balaban J connectivity index is 1.26. The minimum Gasteiger partial charge on any atom is -0.375 e. The van der Waals surface area contributed by atoms with Crippen molar-refractivity contribution >= 4 is 35.3 Å². The molecule has 0 amide bonds. The normalized spacial score (nSPS) is 16.1. The van der Waals surface area contributed by atoms with E-state index in [4.69, 9.17) is 14.6 Å². The fraction of sp³-hybridized carbons (Fsp3) is 0.464. The van der Waals surface area contributed by atoms with Crippen molar-refractivity contribution in [1.29, 1.82) is 0 Å². The van der Waals surface area contributed by atoms with Gasteiger partial charge in [0.05, 0.1) is 33.4 Å². The quantitative estimate of drug-likeness (QED) is 0.196. The Hall–Kier alpha value is -2.79. The first-order valence-corrected chi connectivity index (χ1v) is 17.6. The van der Waals surface area contributed by atoms with Crippen LogP contribution in [-0.2, 0) is 16.2 Å². The first-order chi connectivity index (χ1) is 18.0. The third-order valence-electron chi connectivity index (χ3n) is 7.34. The molecule has 4 aromatic rings. The number of aromatic nitrogens is 4. The van der Waals surface area contributed by atoms with Crippen LogP contribution in [0.25, 0.3) is 16.0 Å². The number of hydrogen-bond donors (Lipinski definition) is 0. The van der Waals surface area contributed by atoms with Crippen LogP contribution in [0.4, 0.5) is 5.69 Å². The predicted molar refractivity (Wildman–Crippen MR) is 157 cm³/mol. The van der Waals surface area contributed by atoms with Crippen LogP contribution in [0.1, 0.15) is 31.0 Å². The van der Waals surface area contributed by atoms with Crippen molar-refractivity contribution in [3.05, 3.63) is 69.7 Å². The minimum atomic E-state index is -1.16. The third-order valence-corrected chi connectivity index (χ3v) is 9.98. The van der Waals surface area contributed by atoms with Gasteiger partial charge in [0, 0.05) is 47.0 Å². The number of hydrogen-bond acceptors (Lipinski definition) is 7. The van der Waals surface area contributed by atoms with Gasteiger partial charge in [-0.3, -0.25) is 9.36 Å². The van der Waals surface area contributed by atoms with Gasteiger partial charge < -0.3 is 14.4 Å². The van der Waals surface area contributed by atoms with E-state index in [9.17, 15) is 4.79 Å². The van der Waals surface area contributed by atoms with Gasteiger partial charge in [0.1, 0.15) is 6.73 Å². The molecule has 0 radical (unpaired) electrons. The van der Waals surface area contributed by atoms with Gasteiger partial charge in [0.15, 0.2) is 5.82 Å². The highest BCUT2D eigenvalue weighted by atomic mass is 32.1. The first-order valence-electron chi connectivity index (χ1n) is 13.1. The molecule has 0 spiro atoms. The number of nitrogens with zero attached hydrogens (tertiary/aromatic N) is 5. The summed E-state index contributed by atoms with van der Waals surface area (Å²) >= 11 is 1.27. The first kappa shape index (κ1) is 26.8. The summed E-state index contributed by atoms with van der Waals surface area (Å²) < 4.78 is 15.9. The Morgan fingerprint density at radius 2 is 1.95 bits per heavy atom. The second kappa shape index (κ2) is 10.4. The summed E-state index contributed by atoms with van der Waals surface area (Å²) in [7, 11) is 0.602. The monoisotopic (exact) mass is 551 g/mol. The molecule has 1 fully saturated rings. The summed E-state index contributed by atoms with van der Waals surface area (Å²) in [5.74, 6) is 0.855. The predicted octanol–water partition coefficient (Wildman–Crippen LogP) is 5.33. The van der Waals surface area contributed by atoms with Gasteiger partial charge in [-0.1, -0.05) is 44.0 Å². The molecule has 3 aromatic heterocycles. The maximum Gasteiger partial charge on any atom is 0.310 e. The lowest BCUT2D eigenvalue weighted by Crippen LogP contribution is -2.61. The lowest BCUT2D eigenvalue weighted by Gasteiger charge is -2.48. The zero-order valence-corrected chi connectivity index (χ0v) is 24.9. The summed E-state index contributed by atoms with van der Waals surface area (Å²) in [5.41, 5.74) is 4.01. The molecule has 4 heterocycles. The molecule has 0 aliphatic carbocycles. The summed E-state index contributed by atoms with van der Waals surface area (Å²) in [6, 6.07) is 13.4. The van der Waals surface area contributed by atoms with E-state index >= 15 is 0 Å². The van der Waals surface area contributed by atoms with Crippen LogP contribution < -0.4 is 9.77 Å². The largest absolute Gasteiger partial charge is 0.375 e. The van der Waals surface area contributed by atoms with Crippen molar-refractivity contribution in [2.75, 3.05) is 31.7 Å². The van der Waals surface area contributed by atoms with Crippen molar-refractivity contribution in [2.24, 2.45) is 0 Å². The molecule has 5 rings (SSSR count). The topological polar surface area (TPSA) is 74.4 Å². The number of ether oxygens (including phenoxy) is 2. The molecule has 1 aliphatic heterocycles. The van der Waals surface area contributed by atoms with Crippen LogP contribution in [0.3, 0.4) is 0 Å². The van der Waals surface area contributed by atoms with Crippen molar-refractivity contribution in [1.82, 2.24) is 19.3 Å². The Morgan fingerprint density at radius 3 is 2.63 bits per heavy atom. The maximum atomic E-state index is 12.7. The van der Waals surface area contributed by atoms with Crippen LogP contribution >= 0.6 is 11.3 Å². The number of methoxy groups -OCH3 is 1. The van der Waals surface area contributed by atoms with Crippen molar-refractivity contribution in [3.63, 3.8) is 0 Å². The molecule has 1 unspecified atom stereocenters. The van der Waals surface area contributed by atoms with E-state index in [2.05, 4.69) is 61.6 Å². The molecule has 1 atom stereocenters. The molecule has 202 valence electrons. The average Bonchev–Trinajstić information content (AvgIpc) is 3.48. The van der Waals surface area contributed by atoms with E-state index in [1.807, 2.05) is 35.3 Å². The molecular weight excluding hydrogens is 514 g/mol. The zero-order valence-electron chi connectivity index (χ0n) is 23.1. The van der Waals surface area contributed by atoms with Gasteiger partial charge in [-0.2, -0.15) is 5.10 Å². The minimum absolute atomic E-state index is 0.0154. The number of thiazole rings is 1. The second-order valence-corrected chi connectivity index (χ2v) is 18.3. The molecule has 0 N–H and O–H groups in total.